The molecule has 0 nitrogen and oxygen atoms in total. The number of benzene rings is 1. The van der Waals surface area contributed by atoms with Gasteiger partial charge in [-0.15, -0.1) is 0 Å². The molecule has 0 spiro atoms. The van der Waals surface area contributed by atoms with E-state index in [2.05, 4.69) is 38.1 Å². The molecular weight excluding hydrogens is 336 g/mol. The van der Waals surface area contributed by atoms with Gasteiger partial charge in [-0.1, -0.05) is 115 Å². The molecule has 0 unspecified atom stereocenters. The van der Waals surface area contributed by atoms with Crippen molar-refractivity contribution in [1.82, 2.24) is 0 Å². The molecule has 0 radical (unpaired) electrons. The topological polar surface area (TPSA) is 0 Å². The monoisotopic (exact) mass is 382 g/mol. The van der Waals surface area contributed by atoms with E-state index in [1.165, 1.54) is 103 Å². The lowest BCUT2D eigenvalue weighted by Crippen LogP contribution is -2.15. The second-order valence-corrected chi connectivity index (χ2v) is 10.2. The molecule has 0 N–H and O–H groups in total. The van der Waals surface area contributed by atoms with Crippen molar-refractivity contribution < 1.29 is 0 Å². The number of hydrogen-bond acceptors (Lipinski definition) is 0. The first kappa shape index (κ1) is 21.9. The van der Waals surface area contributed by atoms with E-state index in [0.717, 1.165) is 23.7 Å². The Morgan fingerprint density at radius 2 is 0.786 bits per heavy atom. The lowest BCUT2D eigenvalue weighted by Gasteiger charge is -2.28. The third-order valence-corrected chi connectivity index (χ3v) is 8.03. The van der Waals surface area contributed by atoms with E-state index in [4.69, 9.17) is 0 Å². The summed E-state index contributed by atoms with van der Waals surface area (Å²) in [5, 5.41) is 0. The van der Waals surface area contributed by atoms with Crippen molar-refractivity contribution in [3.8, 4) is 0 Å². The summed E-state index contributed by atoms with van der Waals surface area (Å²) in [5.41, 5.74) is 3.14. The largest absolute Gasteiger partial charge is 0.0654 e. The summed E-state index contributed by atoms with van der Waals surface area (Å²) < 4.78 is 0. The highest BCUT2D eigenvalue weighted by Gasteiger charge is 2.21. The summed E-state index contributed by atoms with van der Waals surface area (Å²) in [4.78, 5) is 0. The smallest absolute Gasteiger partial charge is 0.0276 e. The zero-order valence-electron chi connectivity index (χ0n) is 18.9. The summed E-state index contributed by atoms with van der Waals surface area (Å²) in [6.07, 6.45) is 23.1. The van der Waals surface area contributed by atoms with Crippen molar-refractivity contribution in [2.75, 3.05) is 0 Å². The van der Waals surface area contributed by atoms with Gasteiger partial charge in [-0.2, -0.15) is 0 Å². The molecule has 0 aliphatic heterocycles. The number of aryl methyl sites for hydroxylation is 2. The highest BCUT2D eigenvalue weighted by Crippen LogP contribution is 2.35. The van der Waals surface area contributed by atoms with Crippen LogP contribution in [0.3, 0.4) is 0 Å². The van der Waals surface area contributed by atoms with Gasteiger partial charge in [-0.05, 0) is 60.5 Å². The van der Waals surface area contributed by atoms with Gasteiger partial charge >= 0.3 is 0 Å². The number of hydrogen-bond donors (Lipinski definition) is 0. The summed E-state index contributed by atoms with van der Waals surface area (Å²) in [5.74, 6) is 4.08. The van der Waals surface area contributed by atoms with Crippen LogP contribution < -0.4 is 0 Å². The molecule has 2 aliphatic rings. The van der Waals surface area contributed by atoms with Gasteiger partial charge in [0.1, 0.15) is 0 Å². The Balaban J connectivity index is 1.32. The molecule has 1 aromatic carbocycles. The average Bonchev–Trinajstić information content (AvgIpc) is 2.74. The average molecular weight is 383 g/mol. The summed E-state index contributed by atoms with van der Waals surface area (Å²) >= 11 is 0. The van der Waals surface area contributed by atoms with E-state index in [9.17, 15) is 0 Å². The summed E-state index contributed by atoms with van der Waals surface area (Å²) in [6, 6.07) is 9.71. The predicted octanol–water partition coefficient (Wildman–Crippen LogP) is 8.76. The van der Waals surface area contributed by atoms with Gasteiger partial charge in [0.05, 0.1) is 0 Å². The van der Waals surface area contributed by atoms with Crippen LogP contribution >= 0.6 is 0 Å². The van der Waals surface area contributed by atoms with E-state index < -0.39 is 0 Å². The van der Waals surface area contributed by atoms with Gasteiger partial charge in [0.25, 0.3) is 0 Å². The van der Waals surface area contributed by atoms with Crippen LogP contribution in [0.15, 0.2) is 24.3 Å². The van der Waals surface area contributed by atoms with Crippen LogP contribution in [0.25, 0.3) is 0 Å². The van der Waals surface area contributed by atoms with Gasteiger partial charge in [0, 0.05) is 0 Å². The SMILES string of the molecule is CCCC1CCC(CCc2ccc(CCC3CCC(CCC)CC3)cc2)CC1. The molecule has 0 heteroatoms. The summed E-state index contributed by atoms with van der Waals surface area (Å²) in [7, 11) is 0. The van der Waals surface area contributed by atoms with Gasteiger partial charge < -0.3 is 0 Å². The lowest BCUT2D eigenvalue weighted by molar-refractivity contribution is 0.252. The molecule has 0 aromatic heterocycles. The zero-order chi connectivity index (χ0) is 19.6. The van der Waals surface area contributed by atoms with E-state index in [-0.39, 0.29) is 0 Å². The molecule has 1 aromatic rings. The van der Waals surface area contributed by atoms with Crippen molar-refractivity contribution in [1.29, 1.82) is 0 Å². The Hall–Kier alpha value is -0.780. The van der Waals surface area contributed by atoms with E-state index in [1.807, 2.05) is 0 Å². The van der Waals surface area contributed by atoms with Gasteiger partial charge in [0.15, 0.2) is 0 Å². The van der Waals surface area contributed by atoms with Crippen LogP contribution in [-0.4, -0.2) is 0 Å². The fourth-order valence-electron chi connectivity index (χ4n) is 6.05. The minimum atomic E-state index is 0.996. The third kappa shape index (κ3) is 7.23. The maximum atomic E-state index is 2.43. The van der Waals surface area contributed by atoms with Gasteiger partial charge in [-0.3, -0.25) is 0 Å². The molecule has 2 saturated carbocycles. The lowest BCUT2D eigenvalue weighted by atomic mass is 9.78. The Bertz CT molecular complexity index is 462. The van der Waals surface area contributed by atoms with E-state index >= 15 is 0 Å². The van der Waals surface area contributed by atoms with Crippen molar-refractivity contribution >= 4 is 0 Å². The summed E-state index contributed by atoms with van der Waals surface area (Å²) in [6.45, 7) is 4.68. The molecule has 28 heavy (non-hydrogen) atoms. The molecule has 2 aliphatic carbocycles. The van der Waals surface area contributed by atoms with Crippen LogP contribution in [0.4, 0.5) is 0 Å². The molecule has 2 fully saturated rings. The molecule has 158 valence electrons. The Morgan fingerprint density at radius 3 is 1.07 bits per heavy atom. The van der Waals surface area contributed by atoms with Crippen molar-refractivity contribution in [3.63, 3.8) is 0 Å². The highest BCUT2D eigenvalue weighted by molar-refractivity contribution is 5.22. The first-order valence-corrected chi connectivity index (χ1v) is 12.8. The first-order valence-electron chi connectivity index (χ1n) is 12.8. The molecule has 0 bridgehead atoms. The van der Waals surface area contributed by atoms with Crippen molar-refractivity contribution in [2.45, 2.75) is 117 Å². The van der Waals surface area contributed by atoms with E-state index in [1.54, 1.807) is 11.1 Å². The standard InChI is InChI=1S/C28H46/c1-3-5-23-7-11-25(12-8-23)15-17-27-19-21-28(22-20-27)18-16-26-13-9-24(6-4-2)10-14-26/h19-26H,3-18H2,1-2H3. The minimum Gasteiger partial charge on any atom is -0.0654 e. The maximum absolute atomic E-state index is 2.43. The second kappa shape index (κ2) is 12.0. The molecule has 0 amide bonds. The highest BCUT2D eigenvalue weighted by atomic mass is 14.3. The molecule has 0 heterocycles. The molecule has 0 atom stereocenters. The Morgan fingerprint density at radius 1 is 0.500 bits per heavy atom. The van der Waals surface area contributed by atoms with Crippen molar-refractivity contribution in [3.05, 3.63) is 35.4 Å². The quantitative estimate of drug-likeness (QED) is 0.379. The van der Waals surface area contributed by atoms with Crippen LogP contribution in [0.2, 0.25) is 0 Å². The maximum Gasteiger partial charge on any atom is -0.0276 e. The Labute approximate surface area is 175 Å². The van der Waals surface area contributed by atoms with Gasteiger partial charge in [0.2, 0.25) is 0 Å². The molecular formula is C28H46. The molecule has 0 saturated heterocycles. The normalized spacial score (nSPS) is 28.4. The van der Waals surface area contributed by atoms with Crippen molar-refractivity contribution in [2.24, 2.45) is 23.7 Å². The van der Waals surface area contributed by atoms with Crippen LogP contribution in [0.5, 0.6) is 0 Å². The fourth-order valence-corrected chi connectivity index (χ4v) is 6.05. The van der Waals surface area contributed by atoms with E-state index in [0.29, 0.717) is 0 Å². The fraction of sp³-hybridized carbons (Fsp3) is 0.786. The molecule has 3 rings (SSSR count). The van der Waals surface area contributed by atoms with Crippen LogP contribution in [0.1, 0.15) is 115 Å². The zero-order valence-corrected chi connectivity index (χ0v) is 18.9. The number of rotatable bonds is 10. The minimum absolute atomic E-state index is 0.996. The Kier molecular flexibility index (Phi) is 9.42. The van der Waals surface area contributed by atoms with Gasteiger partial charge in [-0.25, -0.2) is 0 Å². The predicted molar refractivity (Wildman–Crippen MR) is 124 cm³/mol. The second-order valence-electron chi connectivity index (χ2n) is 10.2. The first-order chi connectivity index (χ1) is 13.8. The van der Waals surface area contributed by atoms with Crippen LogP contribution in [-0.2, 0) is 12.8 Å². The van der Waals surface area contributed by atoms with Crippen LogP contribution in [0, 0.1) is 23.7 Å². The third-order valence-electron chi connectivity index (χ3n) is 8.03.